The van der Waals surface area contributed by atoms with Crippen LogP contribution in [0, 0.1) is 11.6 Å². The van der Waals surface area contributed by atoms with Crippen molar-refractivity contribution in [3.05, 3.63) is 83.6 Å². The molecule has 3 rings (SSSR count). The molecule has 0 radical (unpaired) electrons. The monoisotopic (exact) mass is 368 g/mol. The molecule has 4 N–H and O–H groups in total. The number of anilines is 3. The van der Waals surface area contributed by atoms with Gasteiger partial charge in [0.05, 0.1) is 0 Å². The molecular formula is C21H22F2N4. The summed E-state index contributed by atoms with van der Waals surface area (Å²) >= 11 is 0. The lowest BCUT2D eigenvalue weighted by Crippen LogP contribution is -2.02. The van der Waals surface area contributed by atoms with Crippen LogP contribution in [0.5, 0.6) is 0 Å². The maximum Gasteiger partial charge on any atom is 0.132 e. The third-order valence-electron chi connectivity index (χ3n) is 4.07. The first-order valence-electron chi connectivity index (χ1n) is 8.83. The first kappa shape index (κ1) is 18.8. The summed E-state index contributed by atoms with van der Waals surface area (Å²) in [7, 11) is 0. The van der Waals surface area contributed by atoms with Crippen molar-refractivity contribution in [3.8, 4) is 0 Å². The van der Waals surface area contributed by atoms with Crippen LogP contribution in [-0.2, 0) is 13.0 Å². The molecule has 140 valence electrons. The van der Waals surface area contributed by atoms with Gasteiger partial charge >= 0.3 is 0 Å². The molecule has 0 saturated carbocycles. The predicted molar refractivity (Wildman–Crippen MR) is 105 cm³/mol. The van der Waals surface area contributed by atoms with Crippen molar-refractivity contribution in [2.24, 2.45) is 5.73 Å². The summed E-state index contributed by atoms with van der Waals surface area (Å²) in [5, 5.41) is 6.40. The molecule has 0 bridgehead atoms. The maximum atomic E-state index is 13.3. The molecule has 2 aromatic carbocycles. The average Bonchev–Trinajstić information content (AvgIpc) is 2.65. The van der Waals surface area contributed by atoms with Gasteiger partial charge in [-0.1, -0.05) is 12.1 Å². The van der Waals surface area contributed by atoms with Crippen molar-refractivity contribution in [3.63, 3.8) is 0 Å². The Bertz CT molecular complexity index is 861. The van der Waals surface area contributed by atoms with E-state index in [1.807, 2.05) is 18.2 Å². The van der Waals surface area contributed by atoms with Gasteiger partial charge in [0, 0.05) is 36.2 Å². The van der Waals surface area contributed by atoms with Gasteiger partial charge in [0.2, 0.25) is 0 Å². The summed E-state index contributed by atoms with van der Waals surface area (Å²) in [6.45, 7) is 1.000. The summed E-state index contributed by atoms with van der Waals surface area (Å²) in [6, 6.07) is 15.3. The van der Waals surface area contributed by atoms with E-state index in [0.717, 1.165) is 30.3 Å². The van der Waals surface area contributed by atoms with Gasteiger partial charge in [-0.3, -0.25) is 0 Å². The quantitative estimate of drug-likeness (QED) is 0.543. The van der Waals surface area contributed by atoms with Gasteiger partial charge in [0.1, 0.15) is 17.5 Å². The first-order valence-corrected chi connectivity index (χ1v) is 8.83. The van der Waals surface area contributed by atoms with Crippen LogP contribution in [0.1, 0.15) is 17.5 Å². The zero-order valence-electron chi connectivity index (χ0n) is 14.9. The molecule has 1 aromatic heterocycles. The van der Waals surface area contributed by atoms with Crippen molar-refractivity contribution < 1.29 is 8.78 Å². The predicted octanol–water partition coefficient (Wildman–Crippen LogP) is 4.61. The summed E-state index contributed by atoms with van der Waals surface area (Å²) in [6.07, 6.45) is 3.61. The molecule has 0 spiro atoms. The van der Waals surface area contributed by atoms with E-state index in [1.54, 1.807) is 12.3 Å². The second kappa shape index (κ2) is 9.09. The molecule has 0 aliphatic rings. The van der Waals surface area contributed by atoms with E-state index in [2.05, 4.69) is 27.8 Å². The van der Waals surface area contributed by atoms with Gasteiger partial charge < -0.3 is 16.4 Å². The zero-order valence-corrected chi connectivity index (χ0v) is 14.9. The van der Waals surface area contributed by atoms with Gasteiger partial charge in [0.15, 0.2) is 0 Å². The number of hydrogen-bond donors (Lipinski definition) is 3. The van der Waals surface area contributed by atoms with E-state index >= 15 is 0 Å². The molecule has 1 heterocycles. The van der Waals surface area contributed by atoms with Gasteiger partial charge in [-0.2, -0.15) is 0 Å². The van der Waals surface area contributed by atoms with E-state index < -0.39 is 11.6 Å². The molecule has 0 aliphatic heterocycles. The highest BCUT2D eigenvalue weighted by atomic mass is 19.1. The number of pyridine rings is 1. The maximum absolute atomic E-state index is 13.3. The molecule has 0 unspecified atom stereocenters. The van der Waals surface area contributed by atoms with Crippen LogP contribution >= 0.6 is 0 Å². The normalized spacial score (nSPS) is 10.6. The van der Waals surface area contributed by atoms with Gasteiger partial charge in [-0.15, -0.1) is 0 Å². The number of hydrogen-bond acceptors (Lipinski definition) is 4. The third-order valence-corrected chi connectivity index (χ3v) is 4.07. The minimum absolute atomic E-state index is 0.313. The van der Waals surface area contributed by atoms with Crippen LogP contribution in [-0.4, -0.2) is 11.5 Å². The second-order valence-corrected chi connectivity index (χ2v) is 6.28. The number of nitrogens with two attached hydrogens (primary N) is 1. The fraction of sp³-hybridized carbons (Fsp3) is 0.190. The fourth-order valence-corrected chi connectivity index (χ4v) is 2.73. The third kappa shape index (κ3) is 5.76. The van der Waals surface area contributed by atoms with E-state index in [4.69, 9.17) is 5.73 Å². The Morgan fingerprint density at radius 3 is 2.30 bits per heavy atom. The van der Waals surface area contributed by atoms with Crippen LogP contribution in [0.3, 0.4) is 0 Å². The van der Waals surface area contributed by atoms with Crippen molar-refractivity contribution >= 4 is 17.2 Å². The molecule has 0 saturated heterocycles. The minimum atomic E-state index is -0.584. The number of nitrogens with one attached hydrogen (secondary N) is 2. The SMILES string of the molecule is NCCCc1ccc(Nc2cc(NCc3cc(F)cc(F)c3)ccn2)cc1. The Morgan fingerprint density at radius 2 is 1.59 bits per heavy atom. The average molecular weight is 368 g/mol. The highest BCUT2D eigenvalue weighted by Crippen LogP contribution is 2.19. The Labute approximate surface area is 157 Å². The number of halogens is 2. The molecule has 4 nitrogen and oxygen atoms in total. The molecule has 0 fully saturated rings. The highest BCUT2D eigenvalue weighted by Gasteiger charge is 2.03. The highest BCUT2D eigenvalue weighted by molar-refractivity contribution is 5.61. The smallest absolute Gasteiger partial charge is 0.132 e. The number of aryl methyl sites for hydroxylation is 1. The van der Waals surface area contributed by atoms with Crippen molar-refractivity contribution in [2.75, 3.05) is 17.2 Å². The molecule has 0 aliphatic carbocycles. The zero-order chi connectivity index (χ0) is 19.1. The van der Waals surface area contributed by atoms with Crippen molar-refractivity contribution in [1.82, 2.24) is 4.98 Å². The molecule has 27 heavy (non-hydrogen) atoms. The molecule has 0 atom stereocenters. The number of benzene rings is 2. The van der Waals surface area contributed by atoms with E-state index in [0.29, 0.717) is 24.5 Å². The Kier molecular flexibility index (Phi) is 6.33. The van der Waals surface area contributed by atoms with Gasteiger partial charge in [0.25, 0.3) is 0 Å². The number of nitrogens with zero attached hydrogens (tertiary/aromatic N) is 1. The molecule has 0 amide bonds. The van der Waals surface area contributed by atoms with Gasteiger partial charge in [-0.25, -0.2) is 13.8 Å². The molecule has 3 aromatic rings. The summed E-state index contributed by atoms with van der Waals surface area (Å²) in [5.74, 6) is -0.488. The van der Waals surface area contributed by atoms with E-state index in [9.17, 15) is 8.78 Å². The first-order chi connectivity index (χ1) is 13.1. The van der Waals surface area contributed by atoms with Crippen LogP contribution in [0.2, 0.25) is 0 Å². The van der Waals surface area contributed by atoms with Crippen LogP contribution in [0.4, 0.5) is 26.0 Å². The lowest BCUT2D eigenvalue weighted by atomic mass is 10.1. The topological polar surface area (TPSA) is 63.0 Å². The van der Waals surface area contributed by atoms with E-state index in [-0.39, 0.29) is 0 Å². The van der Waals surface area contributed by atoms with Crippen LogP contribution in [0.25, 0.3) is 0 Å². The second-order valence-electron chi connectivity index (χ2n) is 6.28. The molecule has 6 heteroatoms. The summed E-state index contributed by atoms with van der Waals surface area (Å²) < 4.78 is 26.5. The molecular weight excluding hydrogens is 346 g/mol. The van der Waals surface area contributed by atoms with Crippen LogP contribution < -0.4 is 16.4 Å². The lowest BCUT2D eigenvalue weighted by molar-refractivity contribution is 0.580. The Morgan fingerprint density at radius 1 is 0.852 bits per heavy atom. The van der Waals surface area contributed by atoms with Crippen LogP contribution in [0.15, 0.2) is 60.8 Å². The number of aromatic nitrogens is 1. The summed E-state index contributed by atoms with van der Waals surface area (Å²) in [4.78, 5) is 4.30. The van der Waals surface area contributed by atoms with E-state index in [1.165, 1.54) is 17.7 Å². The minimum Gasteiger partial charge on any atom is -0.381 e. The van der Waals surface area contributed by atoms with Crippen molar-refractivity contribution in [2.45, 2.75) is 19.4 Å². The number of rotatable bonds is 8. The largest absolute Gasteiger partial charge is 0.381 e. The van der Waals surface area contributed by atoms with Gasteiger partial charge in [-0.05, 0) is 60.8 Å². The Balaban J connectivity index is 1.61. The van der Waals surface area contributed by atoms with Crippen molar-refractivity contribution in [1.29, 1.82) is 0 Å². The standard InChI is InChI=1S/C21H22F2N4/c22-17-10-16(11-18(23)12-17)14-26-20-7-9-25-21(13-20)27-19-5-3-15(4-6-19)2-1-8-24/h3-7,9-13H,1-2,8,14,24H2,(H2,25,26,27). The fourth-order valence-electron chi connectivity index (χ4n) is 2.73. The lowest BCUT2D eigenvalue weighted by Gasteiger charge is -2.10. The summed E-state index contributed by atoms with van der Waals surface area (Å²) in [5.41, 5.74) is 9.05. The Hall–Kier alpha value is -2.99.